The molecular weight excluding hydrogens is 216 g/mol. The Hall–Kier alpha value is -1.35. The number of Topliss-reactive ketones (excluding diaryl/α,β-unsaturated/α-hetero) is 1. The molecule has 1 aromatic rings. The first-order valence-electron chi connectivity index (χ1n) is 5.99. The predicted molar refractivity (Wildman–Crippen MR) is 65.7 cm³/mol. The van der Waals surface area contributed by atoms with Crippen LogP contribution in [0.15, 0.2) is 18.2 Å². The Labute approximate surface area is 102 Å². The van der Waals surface area contributed by atoms with Crippen LogP contribution in [0.4, 0.5) is 0 Å². The minimum absolute atomic E-state index is 0.0223. The largest absolute Gasteiger partial charge is 0.493 e. The molecule has 0 saturated carbocycles. The molecule has 0 atom stereocenters. The van der Waals surface area contributed by atoms with Gasteiger partial charge in [-0.3, -0.25) is 4.79 Å². The number of hydrogen-bond donors (Lipinski definition) is 0. The van der Waals surface area contributed by atoms with E-state index in [0.29, 0.717) is 18.8 Å². The molecule has 3 nitrogen and oxygen atoms in total. The van der Waals surface area contributed by atoms with Crippen molar-refractivity contribution in [3.8, 4) is 5.75 Å². The summed E-state index contributed by atoms with van der Waals surface area (Å²) in [5, 5.41) is 0. The van der Waals surface area contributed by atoms with Gasteiger partial charge >= 0.3 is 0 Å². The summed E-state index contributed by atoms with van der Waals surface area (Å²) in [6.07, 6.45) is 0.880. The van der Waals surface area contributed by atoms with Crippen LogP contribution < -0.4 is 4.74 Å². The number of rotatable bonds is 4. The summed E-state index contributed by atoms with van der Waals surface area (Å²) in [5.41, 5.74) is 1.05. The highest BCUT2D eigenvalue weighted by Crippen LogP contribution is 2.27. The topological polar surface area (TPSA) is 35.5 Å². The Morgan fingerprint density at radius 3 is 2.94 bits per heavy atom. The first kappa shape index (κ1) is 12.1. The molecule has 2 rings (SSSR count). The van der Waals surface area contributed by atoms with Crippen LogP contribution in [0.2, 0.25) is 0 Å². The van der Waals surface area contributed by atoms with Crippen LogP contribution in [0, 0.1) is 0 Å². The van der Waals surface area contributed by atoms with E-state index in [0.717, 1.165) is 17.7 Å². The second-order valence-electron chi connectivity index (χ2n) is 4.69. The van der Waals surface area contributed by atoms with E-state index in [1.807, 2.05) is 39.0 Å². The van der Waals surface area contributed by atoms with Crippen molar-refractivity contribution in [3.05, 3.63) is 29.3 Å². The molecule has 0 radical (unpaired) electrons. The lowest BCUT2D eigenvalue weighted by molar-refractivity contribution is 0.00125. The van der Waals surface area contributed by atoms with Crippen molar-refractivity contribution in [1.29, 1.82) is 0 Å². The van der Waals surface area contributed by atoms with Gasteiger partial charge in [0.05, 0.1) is 6.61 Å². The molecule has 1 aliphatic rings. The standard InChI is InChI=1S/C14H18O3/c1-4-17-14(2,3)13(15)11-5-6-12-10(9-11)7-8-16-12/h5-6,9H,4,7-8H2,1-3H3. The molecule has 1 aromatic carbocycles. The minimum Gasteiger partial charge on any atom is -0.493 e. The van der Waals surface area contributed by atoms with Crippen molar-refractivity contribution in [3.63, 3.8) is 0 Å². The molecule has 0 aromatic heterocycles. The second kappa shape index (κ2) is 4.49. The molecule has 0 aliphatic carbocycles. The normalized spacial score (nSPS) is 14.3. The van der Waals surface area contributed by atoms with E-state index in [-0.39, 0.29) is 5.78 Å². The van der Waals surface area contributed by atoms with Crippen LogP contribution in [0.3, 0.4) is 0 Å². The summed E-state index contributed by atoms with van der Waals surface area (Å²) >= 11 is 0. The molecule has 1 heterocycles. The zero-order chi connectivity index (χ0) is 12.5. The second-order valence-corrected chi connectivity index (χ2v) is 4.69. The fourth-order valence-corrected chi connectivity index (χ4v) is 2.10. The Morgan fingerprint density at radius 2 is 2.24 bits per heavy atom. The third kappa shape index (κ3) is 2.34. The van der Waals surface area contributed by atoms with Gasteiger partial charge in [0.1, 0.15) is 11.4 Å². The van der Waals surface area contributed by atoms with Gasteiger partial charge in [-0.2, -0.15) is 0 Å². The molecule has 0 unspecified atom stereocenters. The summed E-state index contributed by atoms with van der Waals surface area (Å²) in [6.45, 7) is 6.76. The van der Waals surface area contributed by atoms with Gasteiger partial charge in [-0.15, -0.1) is 0 Å². The maximum Gasteiger partial charge on any atom is 0.194 e. The van der Waals surface area contributed by atoms with E-state index in [1.165, 1.54) is 0 Å². The first-order valence-corrected chi connectivity index (χ1v) is 5.99. The van der Waals surface area contributed by atoms with E-state index in [4.69, 9.17) is 9.47 Å². The van der Waals surface area contributed by atoms with Gasteiger partial charge in [0.15, 0.2) is 5.78 Å². The van der Waals surface area contributed by atoms with E-state index in [9.17, 15) is 4.79 Å². The van der Waals surface area contributed by atoms with Crippen LogP contribution in [0.25, 0.3) is 0 Å². The van der Waals surface area contributed by atoms with E-state index in [1.54, 1.807) is 0 Å². The van der Waals surface area contributed by atoms with Crippen LogP contribution in [0.1, 0.15) is 36.7 Å². The number of hydrogen-bond acceptors (Lipinski definition) is 3. The fourth-order valence-electron chi connectivity index (χ4n) is 2.10. The Morgan fingerprint density at radius 1 is 1.47 bits per heavy atom. The highest BCUT2D eigenvalue weighted by molar-refractivity contribution is 6.02. The highest BCUT2D eigenvalue weighted by atomic mass is 16.5. The SMILES string of the molecule is CCOC(C)(C)C(=O)c1ccc2c(c1)CCO2. The molecule has 17 heavy (non-hydrogen) atoms. The van der Waals surface area contributed by atoms with Crippen LogP contribution in [-0.4, -0.2) is 24.6 Å². The molecule has 0 fully saturated rings. The van der Waals surface area contributed by atoms with Crippen molar-refractivity contribution < 1.29 is 14.3 Å². The lowest BCUT2D eigenvalue weighted by Gasteiger charge is -2.23. The van der Waals surface area contributed by atoms with Gasteiger partial charge in [-0.25, -0.2) is 0 Å². The number of fused-ring (bicyclic) bond motifs is 1. The Balaban J connectivity index is 2.26. The van der Waals surface area contributed by atoms with Crippen LogP contribution in [0.5, 0.6) is 5.75 Å². The average molecular weight is 234 g/mol. The number of ketones is 1. The van der Waals surface area contributed by atoms with Crippen molar-refractivity contribution in [2.75, 3.05) is 13.2 Å². The molecule has 0 bridgehead atoms. The van der Waals surface area contributed by atoms with Gasteiger partial charge in [-0.05, 0) is 44.5 Å². The summed E-state index contributed by atoms with van der Waals surface area (Å²) in [5.74, 6) is 0.921. The van der Waals surface area contributed by atoms with E-state index < -0.39 is 5.60 Å². The molecule has 92 valence electrons. The van der Waals surface area contributed by atoms with Gasteiger partial charge in [0, 0.05) is 18.6 Å². The molecule has 0 spiro atoms. The van der Waals surface area contributed by atoms with Gasteiger partial charge in [0.25, 0.3) is 0 Å². The smallest absolute Gasteiger partial charge is 0.194 e. The Kier molecular flexibility index (Phi) is 3.20. The lowest BCUT2D eigenvalue weighted by Crippen LogP contribution is -2.35. The quantitative estimate of drug-likeness (QED) is 0.751. The molecule has 0 saturated heterocycles. The van der Waals surface area contributed by atoms with Crippen molar-refractivity contribution >= 4 is 5.78 Å². The van der Waals surface area contributed by atoms with Gasteiger partial charge < -0.3 is 9.47 Å². The summed E-state index contributed by atoms with van der Waals surface area (Å²) in [4.78, 5) is 12.3. The van der Waals surface area contributed by atoms with Crippen LogP contribution in [-0.2, 0) is 11.2 Å². The lowest BCUT2D eigenvalue weighted by atomic mass is 9.95. The molecule has 0 amide bonds. The van der Waals surface area contributed by atoms with Crippen LogP contribution >= 0.6 is 0 Å². The summed E-state index contributed by atoms with van der Waals surface area (Å²) < 4.78 is 10.9. The molecular formula is C14H18O3. The zero-order valence-electron chi connectivity index (χ0n) is 10.6. The van der Waals surface area contributed by atoms with Gasteiger partial charge in [-0.1, -0.05) is 0 Å². The van der Waals surface area contributed by atoms with Gasteiger partial charge in [0.2, 0.25) is 0 Å². The third-order valence-electron chi connectivity index (χ3n) is 3.00. The average Bonchev–Trinajstić information content (AvgIpc) is 2.74. The first-order chi connectivity index (χ1) is 8.04. The number of carbonyl (C=O) groups is 1. The summed E-state index contributed by atoms with van der Waals surface area (Å²) in [7, 11) is 0. The maximum absolute atomic E-state index is 12.3. The fraction of sp³-hybridized carbons (Fsp3) is 0.500. The number of ether oxygens (including phenoxy) is 2. The van der Waals surface area contributed by atoms with E-state index >= 15 is 0 Å². The maximum atomic E-state index is 12.3. The van der Waals surface area contributed by atoms with Crippen molar-refractivity contribution in [2.24, 2.45) is 0 Å². The minimum atomic E-state index is -0.761. The number of carbonyl (C=O) groups excluding carboxylic acids is 1. The monoisotopic (exact) mass is 234 g/mol. The number of benzene rings is 1. The molecule has 0 N–H and O–H groups in total. The Bertz CT molecular complexity index is 435. The van der Waals surface area contributed by atoms with Crippen molar-refractivity contribution in [1.82, 2.24) is 0 Å². The molecule has 3 heteroatoms. The third-order valence-corrected chi connectivity index (χ3v) is 3.00. The van der Waals surface area contributed by atoms with Crippen molar-refractivity contribution in [2.45, 2.75) is 32.8 Å². The highest BCUT2D eigenvalue weighted by Gasteiger charge is 2.29. The summed E-state index contributed by atoms with van der Waals surface area (Å²) in [6, 6.07) is 5.61. The molecule has 1 aliphatic heterocycles. The van der Waals surface area contributed by atoms with E-state index in [2.05, 4.69) is 0 Å². The zero-order valence-corrected chi connectivity index (χ0v) is 10.6. The predicted octanol–water partition coefficient (Wildman–Crippen LogP) is 2.62.